The van der Waals surface area contributed by atoms with E-state index in [2.05, 4.69) is 0 Å². The van der Waals surface area contributed by atoms with Gasteiger partial charge in [0.2, 0.25) is 0 Å². The third-order valence-electron chi connectivity index (χ3n) is 2.90. The molecule has 3 aromatic rings. The molecule has 3 rings (SSSR count). The van der Waals surface area contributed by atoms with Crippen molar-refractivity contribution in [2.45, 2.75) is 6.92 Å². The molecule has 0 N–H and O–H groups in total. The minimum absolute atomic E-state index is 0.332. The summed E-state index contributed by atoms with van der Waals surface area (Å²) in [4.78, 5) is 22.2. The van der Waals surface area contributed by atoms with Crippen LogP contribution < -0.4 is 9.68 Å². The van der Waals surface area contributed by atoms with Gasteiger partial charge in [-0.3, -0.25) is 4.79 Å². The van der Waals surface area contributed by atoms with Crippen molar-refractivity contribution in [1.82, 2.24) is 0 Å². The molecule has 112 valence electrons. The highest BCUT2D eigenvalue weighted by molar-refractivity contribution is 7.16. The van der Waals surface area contributed by atoms with Crippen molar-refractivity contribution in [3.8, 4) is 16.9 Å². The molecule has 0 aliphatic carbocycles. The minimum Gasteiger partial charge on any atom is -0.427 e. The molecule has 0 bridgehead atoms. The number of halogens is 2. The lowest BCUT2D eigenvalue weighted by Gasteiger charge is -2.07. The van der Waals surface area contributed by atoms with E-state index in [0.717, 1.165) is 11.3 Å². The molecular weight excluding hydrogens is 347 g/mol. The lowest BCUT2D eigenvalue weighted by molar-refractivity contribution is -0.131. The van der Waals surface area contributed by atoms with Gasteiger partial charge in [-0.1, -0.05) is 40.6 Å². The molecule has 22 heavy (non-hydrogen) atoms. The van der Waals surface area contributed by atoms with Gasteiger partial charge in [-0.15, -0.1) is 0 Å². The van der Waals surface area contributed by atoms with Crippen molar-refractivity contribution in [3.05, 3.63) is 50.1 Å². The van der Waals surface area contributed by atoms with Crippen molar-refractivity contribution < 1.29 is 13.9 Å². The molecule has 0 aliphatic heterocycles. The quantitative estimate of drug-likeness (QED) is 0.492. The van der Waals surface area contributed by atoms with Gasteiger partial charge in [0, 0.05) is 18.6 Å². The summed E-state index contributed by atoms with van der Waals surface area (Å²) in [6, 6.07) is 8.27. The topological polar surface area (TPSA) is 56.5 Å². The smallest absolute Gasteiger partial charge is 0.396 e. The molecule has 0 spiro atoms. The molecular formula is C15H8Cl2O4S. The molecule has 0 saturated heterocycles. The highest BCUT2D eigenvalue weighted by atomic mass is 35.5. The van der Waals surface area contributed by atoms with E-state index in [1.807, 2.05) is 0 Å². The van der Waals surface area contributed by atoms with Gasteiger partial charge in [0.25, 0.3) is 0 Å². The molecule has 2 aromatic carbocycles. The van der Waals surface area contributed by atoms with Crippen molar-refractivity contribution in [2.75, 3.05) is 0 Å². The number of fused-ring (bicyclic) bond motifs is 1. The summed E-state index contributed by atoms with van der Waals surface area (Å²) < 4.78 is 10.9. The van der Waals surface area contributed by atoms with Crippen LogP contribution in [-0.4, -0.2) is 5.97 Å². The van der Waals surface area contributed by atoms with Crippen molar-refractivity contribution in [2.24, 2.45) is 0 Å². The van der Waals surface area contributed by atoms with Gasteiger partial charge in [-0.2, -0.15) is 0 Å². The van der Waals surface area contributed by atoms with Crippen LogP contribution >= 0.6 is 34.5 Å². The SMILES string of the molecule is CC(=O)Oc1cc(-c2ccc(Cl)c(Cl)c2)c2oc(=O)sc2c1. The summed E-state index contributed by atoms with van der Waals surface area (Å²) >= 11 is 12.9. The molecule has 1 heterocycles. The van der Waals surface area contributed by atoms with Crippen LogP contribution in [0.2, 0.25) is 10.0 Å². The average molecular weight is 355 g/mol. The van der Waals surface area contributed by atoms with Crippen LogP contribution in [-0.2, 0) is 4.79 Å². The molecule has 0 aliphatic rings. The first-order valence-corrected chi connectivity index (χ1v) is 7.73. The van der Waals surface area contributed by atoms with Gasteiger partial charge in [-0.25, -0.2) is 4.79 Å². The number of hydrogen-bond acceptors (Lipinski definition) is 5. The molecule has 4 nitrogen and oxygen atoms in total. The number of rotatable bonds is 2. The fourth-order valence-corrected chi connectivity index (χ4v) is 3.08. The fraction of sp³-hybridized carbons (Fsp3) is 0.0667. The zero-order chi connectivity index (χ0) is 15.9. The Labute approximate surface area is 138 Å². The van der Waals surface area contributed by atoms with E-state index in [9.17, 15) is 9.59 Å². The van der Waals surface area contributed by atoms with Gasteiger partial charge in [-0.05, 0) is 23.8 Å². The maximum atomic E-state index is 11.5. The lowest BCUT2D eigenvalue weighted by Crippen LogP contribution is -2.01. The Morgan fingerprint density at radius 2 is 1.95 bits per heavy atom. The number of hydrogen-bond donors (Lipinski definition) is 0. The average Bonchev–Trinajstić information content (AvgIpc) is 2.80. The Bertz CT molecular complexity index is 942. The van der Waals surface area contributed by atoms with Gasteiger partial charge >= 0.3 is 10.9 Å². The maximum absolute atomic E-state index is 11.5. The predicted octanol–water partition coefficient (Wildman–Crippen LogP) is 4.75. The number of carbonyl (C=O) groups excluding carboxylic acids is 1. The third kappa shape index (κ3) is 2.88. The highest BCUT2D eigenvalue weighted by Crippen LogP contribution is 2.36. The second-order valence-electron chi connectivity index (χ2n) is 4.47. The molecule has 1 aromatic heterocycles. The number of carbonyl (C=O) groups is 1. The number of ether oxygens (including phenoxy) is 1. The van der Waals surface area contributed by atoms with Crippen LogP contribution in [0.25, 0.3) is 21.4 Å². The Hall–Kier alpha value is -1.82. The second-order valence-corrected chi connectivity index (χ2v) is 6.27. The van der Waals surface area contributed by atoms with E-state index in [1.54, 1.807) is 30.3 Å². The number of esters is 1. The zero-order valence-electron chi connectivity index (χ0n) is 11.2. The highest BCUT2D eigenvalue weighted by Gasteiger charge is 2.14. The van der Waals surface area contributed by atoms with E-state index in [4.69, 9.17) is 32.4 Å². The Morgan fingerprint density at radius 1 is 1.18 bits per heavy atom. The summed E-state index contributed by atoms with van der Waals surface area (Å²) in [5.74, 6) is -0.117. The van der Waals surface area contributed by atoms with Crippen LogP contribution in [0.3, 0.4) is 0 Å². The van der Waals surface area contributed by atoms with E-state index >= 15 is 0 Å². The summed E-state index contributed by atoms with van der Waals surface area (Å²) in [6.45, 7) is 1.31. The van der Waals surface area contributed by atoms with Crippen LogP contribution in [0.4, 0.5) is 0 Å². The summed E-state index contributed by atoms with van der Waals surface area (Å²) in [7, 11) is 0. The first-order valence-electron chi connectivity index (χ1n) is 6.15. The Kier molecular flexibility index (Phi) is 3.95. The van der Waals surface area contributed by atoms with Gasteiger partial charge < -0.3 is 9.15 Å². The Morgan fingerprint density at radius 3 is 2.64 bits per heavy atom. The second kappa shape index (κ2) is 5.76. The van der Waals surface area contributed by atoms with E-state index in [-0.39, 0.29) is 0 Å². The first kappa shape index (κ1) is 15.1. The minimum atomic E-state index is -0.449. The van der Waals surface area contributed by atoms with Crippen LogP contribution in [0.1, 0.15) is 6.92 Å². The molecule has 0 amide bonds. The molecule has 0 fully saturated rings. The molecule has 0 atom stereocenters. The first-order chi connectivity index (χ1) is 10.4. The van der Waals surface area contributed by atoms with E-state index in [0.29, 0.717) is 37.2 Å². The summed E-state index contributed by atoms with van der Waals surface area (Å²) in [6.07, 6.45) is 0. The molecule has 0 saturated carbocycles. The number of benzene rings is 2. The van der Waals surface area contributed by atoms with Crippen LogP contribution in [0.15, 0.2) is 39.5 Å². The van der Waals surface area contributed by atoms with Gasteiger partial charge in [0.05, 0.1) is 14.7 Å². The normalized spacial score (nSPS) is 10.9. The van der Waals surface area contributed by atoms with Gasteiger partial charge in [0.1, 0.15) is 5.75 Å². The molecule has 0 unspecified atom stereocenters. The van der Waals surface area contributed by atoms with Gasteiger partial charge in [0.15, 0.2) is 5.58 Å². The Balaban J connectivity index is 2.27. The van der Waals surface area contributed by atoms with E-state index < -0.39 is 10.9 Å². The largest absolute Gasteiger partial charge is 0.427 e. The fourth-order valence-electron chi connectivity index (χ4n) is 2.05. The third-order valence-corrected chi connectivity index (χ3v) is 4.41. The van der Waals surface area contributed by atoms with Crippen molar-refractivity contribution >= 4 is 50.8 Å². The summed E-state index contributed by atoms with van der Waals surface area (Å²) in [5, 5.41) is 0.798. The van der Waals surface area contributed by atoms with Crippen LogP contribution in [0.5, 0.6) is 5.75 Å². The van der Waals surface area contributed by atoms with E-state index in [1.165, 1.54) is 6.92 Å². The standard InChI is InChI=1S/C15H8Cl2O4S/c1-7(18)20-9-5-10(8-2-3-11(16)12(17)4-8)14-13(6-9)22-15(19)21-14/h2-6H,1H3. The molecule has 7 heteroatoms. The van der Waals surface area contributed by atoms with Crippen molar-refractivity contribution in [3.63, 3.8) is 0 Å². The monoisotopic (exact) mass is 354 g/mol. The van der Waals surface area contributed by atoms with Crippen LogP contribution in [0, 0.1) is 0 Å². The lowest BCUT2D eigenvalue weighted by atomic mass is 10.0. The van der Waals surface area contributed by atoms with Crippen molar-refractivity contribution in [1.29, 1.82) is 0 Å². The zero-order valence-corrected chi connectivity index (χ0v) is 13.5. The maximum Gasteiger partial charge on any atom is 0.396 e. The predicted molar refractivity (Wildman–Crippen MR) is 87.1 cm³/mol. The molecule has 0 radical (unpaired) electrons. The summed E-state index contributed by atoms with van der Waals surface area (Å²) in [5.41, 5.74) is 1.73.